The molecular weight excluding hydrogens is 368 g/mol. The first-order valence-corrected chi connectivity index (χ1v) is 8.82. The number of ether oxygens (including phenoxy) is 2. The van der Waals surface area contributed by atoms with Crippen molar-refractivity contribution in [2.75, 3.05) is 19.5 Å². The predicted octanol–water partition coefficient (Wildman–Crippen LogP) is 2.30. The molecule has 144 valence electrons. The molecule has 0 unspecified atom stereocenters. The second-order valence-electron chi connectivity index (χ2n) is 5.80. The van der Waals surface area contributed by atoms with Crippen LogP contribution in [0.25, 0.3) is 0 Å². The highest BCUT2D eigenvalue weighted by molar-refractivity contribution is 8.00. The fraction of sp³-hybridized carbons (Fsp3) is 0.471. The lowest BCUT2D eigenvalue weighted by molar-refractivity contribution is -0.149. The summed E-state index contributed by atoms with van der Waals surface area (Å²) in [6, 6.07) is 2.06. The molecule has 0 spiro atoms. The molecule has 0 heterocycles. The van der Waals surface area contributed by atoms with Gasteiger partial charge in [-0.25, -0.2) is 13.6 Å². The third-order valence-corrected chi connectivity index (χ3v) is 4.13. The van der Waals surface area contributed by atoms with Crippen LogP contribution >= 0.6 is 11.8 Å². The smallest absolute Gasteiger partial charge is 0.328 e. The van der Waals surface area contributed by atoms with Crippen LogP contribution in [0.5, 0.6) is 0 Å². The predicted molar refractivity (Wildman–Crippen MR) is 91.4 cm³/mol. The van der Waals surface area contributed by atoms with E-state index in [1.807, 2.05) is 13.8 Å². The molecule has 1 amide bonds. The Morgan fingerprint density at radius 2 is 1.92 bits per heavy atom. The molecule has 1 rings (SSSR count). The largest absolute Gasteiger partial charge is 0.467 e. The quantitative estimate of drug-likeness (QED) is 0.516. The average Bonchev–Trinajstić information content (AvgIpc) is 2.59. The Hall–Kier alpha value is -2.16. The molecule has 0 saturated heterocycles. The van der Waals surface area contributed by atoms with Crippen molar-refractivity contribution in [1.82, 2.24) is 5.32 Å². The molecule has 0 saturated carbocycles. The maximum Gasteiger partial charge on any atom is 0.328 e. The standard InChI is InChI=1S/C17H21F2NO5S/c1-10(2)6-13(17(23)24-3)20-15(21)8-25-16(22)9-26-14-7-11(18)4-5-12(14)19/h4-5,7,10,13H,6,8-9H2,1-3H3,(H,20,21)/t13-/m1/s1. The van der Waals surface area contributed by atoms with Crippen molar-refractivity contribution in [1.29, 1.82) is 0 Å². The maximum absolute atomic E-state index is 13.4. The molecule has 1 N–H and O–H groups in total. The van der Waals surface area contributed by atoms with Crippen molar-refractivity contribution in [3.63, 3.8) is 0 Å². The zero-order valence-corrected chi connectivity index (χ0v) is 15.5. The second-order valence-corrected chi connectivity index (χ2v) is 6.81. The van der Waals surface area contributed by atoms with E-state index >= 15 is 0 Å². The van der Waals surface area contributed by atoms with E-state index in [4.69, 9.17) is 4.74 Å². The Morgan fingerprint density at radius 3 is 2.54 bits per heavy atom. The summed E-state index contributed by atoms with van der Waals surface area (Å²) in [5, 5.41) is 2.44. The first-order valence-electron chi connectivity index (χ1n) is 7.83. The second kappa shape index (κ2) is 10.7. The lowest BCUT2D eigenvalue weighted by Crippen LogP contribution is -2.44. The van der Waals surface area contributed by atoms with Crippen LogP contribution in [0.15, 0.2) is 23.1 Å². The number of halogens is 2. The molecule has 0 radical (unpaired) electrons. The first-order chi connectivity index (χ1) is 12.2. The van der Waals surface area contributed by atoms with Crippen molar-refractivity contribution in [2.24, 2.45) is 5.92 Å². The molecule has 6 nitrogen and oxygen atoms in total. The van der Waals surface area contributed by atoms with Gasteiger partial charge < -0.3 is 14.8 Å². The summed E-state index contributed by atoms with van der Waals surface area (Å²) in [7, 11) is 1.21. The van der Waals surface area contributed by atoms with E-state index in [0.29, 0.717) is 6.42 Å². The Labute approximate surface area is 154 Å². The van der Waals surface area contributed by atoms with Crippen molar-refractivity contribution < 1.29 is 32.6 Å². The summed E-state index contributed by atoms with van der Waals surface area (Å²) in [5.74, 6) is -3.45. The van der Waals surface area contributed by atoms with Crippen LogP contribution in [-0.4, -0.2) is 43.4 Å². The van der Waals surface area contributed by atoms with Gasteiger partial charge in [-0.1, -0.05) is 13.8 Å². The van der Waals surface area contributed by atoms with Gasteiger partial charge in [-0.3, -0.25) is 9.59 Å². The Morgan fingerprint density at radius 1 is 1.23 bits per heavy atom. The van der Waals surface area contributed by atoms with Crippen LogP contribution in [0.2, 0.25) is 0 Å². The van der Waals surface area contributed by atoms with Crippen LogP contribution < -0.4 is 5.32 Å². The number of hydrogen-bond acceptors (Lipinski definition) is 6. The van der Waals surface area contributed by atoms with Gasteiger partial charge in [0.2, 0.25) is 0 Å². The summed E-state index contributed by atoms with van der Waals surface area (Å²) in [6.45, 7) is 3.17. The zero-order valence-electron chi connectivity index (χ0n) is 14.7. The maximum atomic E-state index is 13.4. The summed E-state index contributed by atoms with van der Waals surface area (Å²) >= 11 is 0.756. The van der Waals surface area contributed by atoms with Gasteiger partial charge in [0.1, 0.15) is 17.7 Å². The minimum atomic E-state index is -0.832. The number of rotatable bonds is 9. The minimum absolute atomic E-state index is 0.0332. The summed E-state index contributed by atoms with van der Waals surface area (Å²) in [5.41, 5.74) is 0. The highest BCUT2D eigenvalue weighted by Crippen LogP contribution is 2.22. The Bertz CT molecular complexity index is 654. The fourth-order valence-corrected chi connectivity index (χ4v) is 2.73. The lowest BCUT2D eigenvalue weighted by Gasteiger charge is -2.18. The molecule has 1 aromatic rings. The van der Waals surface area contributed by atoms with Crippen LogP contribution in [0.3, 0.4) is 0 Å². The van der Waals surface area contributed by atoms with Gasteiger partial charge in [-0.2, -0.15) is 0 Å². The molecule has 0 aliphatic rings. The van der Waals surface area contributed by atoms with Gasteiger partial charge in [0.25, 0.3) is 5.91 Å². The third-order valence-electron chi connectivity index (χ3n) is 3.13. The monoisotopic (exact) mass is 389 g/mol. The van der Waals surface area contributed by atoms with Crippen LogP contribution in [-0.2, 0) is 23.9 Å². The average molecular weight is 389 g/mol. The molecule has 0 fully saturated rings. The number of carbonyl (C=O) groups excluding carboxylic acids is 3. The number of amides is 1. The van der Waals surface area contributed by atoms with Gasteiger partial charge in [0, 0.05) is 4.90 Å². The van der Waals surface area contributed by atoms with E-state index in [1.165, 1.54) is 7.11 Å². The highest BCUT2D eigenvalue weighted by atomic mass is 32.2. The minimum Gasteiger partial charge on any atom is -0.467 e. The topological polar surface area (TPSA) is 81.7 Å². The van der Waals surface area contributed by atoms with Crippen LogP contribution in [0.1, 0.15) is 20.3 Å². The number of esters is 2. The number of carbonyl (C=O) groups is 3. The van der Waals surface area contributed by atoms with Crippen molar-refractivity contribution in [3.05, 3.63) is 29.8 Å². The summed E-state index contributed by atoms with van der Waals surface area (Å²) in [6.07, 6.45) is 0.376. The lowest BCUT2D eigenvalue weighted by atomic mass is 10.0. The molecule has 0 aliphatic heterocycles. The number of methoxy groups -OCH3 is 1. The van der Waals surface area contributed by atoms with Gasteiger partial charge >= 0.3 is 11.9 Å². The number of hydrogen-bond donors (Lipinski definition) is 1. The Kier molecular flexibility index (Phi) is 9.04. The van der Waals surface area contributed by atoms with Gasteiger partial charge in [0.05, 0.1) is 12.9 Å². The molecule has 9 heteroatoms. The van der Waals surface area contributed by atoms with E-state index in [1.54, 1.807) is 0 Å². The molecule has 26 heavy (non-hydrogen) atoms. The first kappa shape index (κ1) is 21.9. The SMILES string of the molecule is COC(=O)[C@@H](CC(C)C)NC(=O)COC(=O)CSc1cc(F)ccc1F. The highest BCUT2D eigenvalue weighted by Gasteiger charge is 2.23. The fourth-order valence-electron chi connectivity index (χ4n) is 1.98. The molecule has 1 atom stereocenters. The number of benzene rings is 1. The van der Waals surface area contributed by atoms with Gasteiger partial charge in [-0.05, 0) is 30.5 Å². The van der Waals surface area contributed by atoms with Crippen LogP contribution in [0, 0.1) is 17.6 Å². The molecule has 0 aliphatic carbocycles. The summed E-state index contributed by atoms with van der Waals surface area (Å²) in [4.78, 5) is 35.1. The number of nitrogens with one attached hydrogen (secondary N) is 1. The van der Waals surface area contributed by atoms with Gasteiger partial charge in [0.15, 0.2) is 6.61 Å². The molecular formula is C17H21F2NO5S. The van der Waals surface area contributed by atoms with E-state index in [-0.39, 0.29) is 16.6 Å². The van der Waals surface area contributed by atoms with E-state index in [0.717, 1.165) is 30.0 Å². The molecule has 0 bridgehead atoms. The van der Waals surface area contributed by atoms with Crippen molar-refractivity contribution in [2.45, 2.75) is 31.2 Å². The van der Waals surface area contributed by atoms with E-state index in [2.05, 4.69) is 10.1 Å². The third kappa shape index (κ3) is 7.81. The zero-order chi connectivity index (χ0) is 19.7. The van der Waals surface area contributed by atoms with Crippen molar-refractivity contribution >= 4 is 29.6 Å². The van der Waals surface area contributed by atoms with E-state index < -0.39 is 42.1 Å². The summed E-state index contributed by atoms with van der Waals surface area (Å²) < 4.78 is 35.9. The van der Waals surface area contributed by atoms with Crippen molar-refractivity contribution in [3.8, 4) is 0 Å². The van der Waals surface area contributed by atoms with Crippen LogP contribution in [0.4, 0.5) is 8.78 Å². The normalized spacial score (nSPS) is 11.8. The van der Waals surface area contributed by atoms with E-state index in [9.17, 15) is 23.2 Å². The van der Waals surface area contributed by atoms with Gasteiger partial charge in [-0.15, -0.1) is 11.8 Å². The molecule has 1 aromatic carbocycles. The molecule has 0 aromatic heterocycles. The number of thioether (sulfide) groups is 1. The Balaban J connectivity index is 2.44.